The number of aryl methyl sites for hydroxylation is 1. The van der Waals surface area contributed by atoms with E-state index in [0.29, 0.717) is 0 Å². The lowest BCUT2D eigenvalue weighted by Crippen LogP contribution is -2.17. The van der Waals surface area contributed by atoms with E-state index < -0.39 is 0 Å². The van der Waals surface area contributed by atoms with Gasteiger partial charge in [0.2, 0.25) is 5.91 Å². The molecule has 1 aliphatic carbocycles. The van der Waals surface area contributed by atoms with Crippen molar-refractivity contribution in [1.29, 1.82) is 0 Å². The van der Waals surface area contributed by atoms with E-state index in [0.717, 1.165) is 53.3 Å². The largest absolute Gasteiger partial charge is 0.325 e. The van der Waals surface area contributed by atoms with Crippen LogP contribution in [-0.4, -0.2) is 28.1 Å². The lowest BCUT2D eigenvalue weighted by Gasteiger charge is -2.14. The smallest absolute Gasteiger partial charge is 0.234 e. The van der Waals surface area contributed by atoms with Gasteiger partial charge in [-0.15, -0.1) is 0 Å². The maximum Gasteiger partial charge on any atom is 0.234 e. The first-order chi connectivity index (χ1) is 13.5. The van der Waals surface area contributed by atoms with Crippen LogP contribution in [0.4, 0.5) is 10.1 Å². The van der Waals surface area contributed by atoms with Gasteiger partial charge in [-0.2, -0.15) is 0 Å². The van der Waals surface area contributed by atoms with Crippen LogP contribution in [-0.2, 0) is 4.79 Å². The summed E-state index contributed by atoms with van der Waals surface area (Å²) in [5, 5.41) is 3.68. The summed E-state index contributed by atoms with van der Waals surface area (Å²) in [5.41, 5.74) is 3.16. The van der Waals surface area contributed by atoms with Gasteiger partial charge in [0.15, 0.2) is 5.66 Å². The number of hydrogen-bond donors (Lipinski definition) is 1. The molecule has 0 bridgehead atoms. The zero-order valence-electron chi connectivity index (χ0n) is 15.7. The number of rotatable bonds is 4. The average Bonchev–Trinajstić information content (AvgIpc) is 3.30. The van der Waals surface area contributed by atoms with Gasteiger partial charge in [0, 0.05) is 11.3 Å². The quantitative estimate of drug-likeness (QED) is 0.794. The van der Waals surface area contributed by atoms with Gasteiger partial charge < -0.3 is 5.32 Å². The molecule has 1 N–H and O–H groups in total. The number of anilines is 1. The standard InChI is InChI=1S/C22H22FN3OS/c1-15-4-10-18(11-5-15)24-19(27)14-28-21-20(16-6-8-17(23)9-7-16)25-22(26-21)12-2-3-13-22/h4-11H,2-3,12-14H2,1H3,(H,24,27). The van der Waals surface area contributed by atoms with Crippen LogP contribution in [0, 0.1) is 12.7 Å². The van der Waals surface area contributed by atoms with Crippen LogP contribution in [0.5, 0.6) is 0 Å². The maximum atomic E-state index is 13.3. The van der Waals surface area contributed by atoms with Gasteiger partial charge in [-0.05, 0) is 69.0 Å². The summed E-state index contributed by atoms with van der Waals surface area (Å²) in [4.78, 5) is 22.2. The molecule has 1 saturated carbocycles. The van der Waals surface area contributed by atoms with E-state index in [1.807, 2.05) is 31.2 Å². The van der Waals surface area contributed by atoms with Crippen LogP contribution in [0.3, 0.4) is 0 Å². The van der Waals surface area contributed by atoms with Gasteiger partial charge in [-0.3, -0.25) is 9.79 Å². The van der Waals surface area contributed by atoms with Crippen LogP contribution in [0.1, 0.15) is 36.8 Å². The summed E-state index contributed by atoms with van der Waals surface area (Å²) < 4.78 is 13.3. The average molecular weight is 396 g/mol. The molecule has 6 heteroatoms. The third-order valence-electron chi connectivity index (χ3n) is 5.03. The van der Waals surface area contributed by atoms with Gasteiger partial charge in [0.05, 0.1) is 11.5 Å². The zero-order chi connectivity index (χ0) is 19.6. The van der Waals surface area contributed by atoms with E-state index in [2.05, 4.69) is 5.32 Å². The Morgan fingerprint density at radius 2 is 1.75 bits per heavy atom. The van der Waals surface area contributed by atoms with Gasteiger partial charge >= 0.3 is 0 Å². The number of halogens is 1. The summed E-state index contributed by atoms with van der Waals surface area (Å²) in [6.07, 6.45) is 4.07. The van der Waals surface area contributed by atoms with E-state index in [9.17, 15) is 9.18 Å². The highest BCUT2D eigenvalue weighted by Gasteiger charge is 2.39. The monoisotopic (exact) mass is 395 g/mol. The first-order valence-electron chi connectivity index (χ1n) is 9.48. The number of aliphatic imine (C=N–C) groups is 2. The summed E-state index contributed by atoms with van der Waals surface area (Å²) >= 11 is 1.40. The Kier molecular flexibility index (Phi) is 5.31. The van der Waals surface area contributed by atoms with Crippen molar-refractivity contribution in [3.8, 4) is 0 Å². The fraction of sp³-hybridized carbons (Fsp3) is 0.318. The van der Waals surface area contributed by atoms with Crippen molar-refractivity contribution in [2.75, 3.05) is 11.1 Å². The molecule has 1 amide bonds. The Hall–Kier alpha value is -2.47. The number of carbonyl (C=O) groups excluding carboxylic acids is 1. The van der Waals surface area contributed by atoms with Crippen molar-refractivity contribution in [2.45, 2.75) is 38.3 Å². The lowest BCUT2D eigenvalue weighted by atomic mass is 10.1. The second-order valence-corrected chi connectivity index (χ2v) is 8.24. The molecule has 4 nitrogen and oxygen atoms in total. The fourth-order valence-corrected chi connectivity index (χ4v) is 4.43. The molecule has 1 heterocycles. The molecule has 0 unspecified atom stereocenters. The van der Waals surface area contributed by atoms with Crippen LogP contribution < -0.4 is 5.32 Å². The van der Waals surface area contributed by atoms with E-state index >= 15 is 0 Å². The van der Waals surface area contributed by atoms with Gasteiger partial charge in [-0.25, -0.2) is 9.38 Å². The lowest BCUT2D eigenvalue weighted by molar-refractivity contribution is -0.113. The highest BCUT2D eigenvalue weighted by atomic mass is 32.2. The van der Waals surface area contributed by atoms with Gasteiger partial charge in [0.1, 0.15) is 10.9 Å². The topological polar surface area (TPSA) is 53.8 Å². The Morgan fingerprint density at radius 1 is 1.07 bits per heavy atom. The molecule has 0 radical (unpaired) electrons. The molecule has 4 rings (SSSR count). The second kappa shape index (κ2) is 7.87. The molecule has 1 spiro atoms. The molecule has 144 valence electrons. The Morgan fingerprint density at radius 3 is 2.43 bits per heavy atom. The number of thioether (sulfide) groups is 1. The van der Waals surface area contributed by atoms with Crippen LogP contribution in [0.25, 0.3) is 0 Å². The Labute approximate surface area is 168 Å². The Bertz CT molecular complexity index is 929. The van der Waals surface area contributed by atoms with E-state index in [1.165, 1.54) is 23.9 Å². The molecular weight excluding hydrogens is 373 g/mol. The van der Waals surface area contributed by atoms with E-state index in [-0.39, 0.29) is 23.1 Å². The van der Waals surface area contributed by atoms with Gasteiger partial charge in [0.25, 0.3) is 0 Å². The summed E-state index contributed by atoms with van der Waals surface area (Å²) in [7, 11) is 0. The molecule has 2 aliphatic rings. The Balaban J connectivity index is 1.48. The van der Waals surface area contributed by atoms with Crippen molar-refractivity contribution in [3.63, 3.8) is 0 Å². The number of nitrogens with zero attached hydrogens (tertiary/aromatic N) is 2. The maximum absolute atomic E-state index is 13.3. The van der Waals surface area contributed by atoms with Gasteiger partial charge in [-0.1, -0.05) is 29.5 Å². The number of benzene rings is 2. The number of carbonyl (C=O) groups is 1. The number of hydrogen-bond acceptors (Lipinski definition) is 4. The van der Waals surface area contributed by atoms with Crippen molar-refractivity contribution < 1.29 is 9.18 Å². The highest BCUT2D eigenvalue weighted by Crippen LogP contribution is 2.40. The van der Waals surface area contributed by atoms with Crippen molar-refractivity contribution in [3.05, 3.63) is 65.5 Å². The summed E-state index contributed by atoms with van der Waals surface area (Å²) in [6, 6.07) is 14.0. The minimum Gasteiger partial charge on any atom is -0.325 e. The molecular formula is C22H22FN3OS. The van der Waals surface area contributed by atoms with Crippen LogP contribution in [0.15, 0.2) is 58.5 Å². The first-order valence-corrected chi connectivity index (χ1v) is 10.5. The normalized spacial score (nSPS) is 17.5. The summed E-state index contributed by atoms with van der Waals surface area (Å²) in [6.45, 7) is 2.01. The zero-order valence-corrected chi connectivity index (χ0v) is 16.6. The van der Waals surface area contributed by atoms with Crippen molar-refractivity contribution >= 4 is 34.1 Å². The minimum atomic E-state index is -0.389. The first kappa shape index (κ1) is 18.9. The highest BCUT2D eigenvalue weighted by molar-refractivity contribution is 8.16. The summed E-state index contributed by atoms with van der Waals surface area (Å²) in [5.74, 6) is -0.104. The molecule has 0 saturated heterocycles. The predicted octanol–water partition coefficient (Wildman–Crippen LogP) is 4.98. The molecule has 1 fully saturated rings. The second-order valence-electron chi connectivity index (χ2n) is 7.28. The molecule has 0 atom stereocenters. The van der Waals surface area contributed by atoms with Crippen LogP contribution >= 0.6 is 11.8 Å². The van der Waals surface area contributed by atoms with E-state index in [4.69, 9.17) is 9.98 Å². The molecule has 28 heavy (non-hydrogen) atoms. The molecule has 0 aromatic heterocycles. The van der Waals surface area contributed by atoms with Crippen LogP contribution in [0.2, 0.25) is 0 Å². The van der Waals surface area contributed by atoms with Crippen molar-refractivity contribution in [1.82, 2.24) is 0 Å². The molecule has 2 aromatic rings. The van der Waals surface area contributed by atoms with E-state index in [1.54, 1.807) is 12.1 Å². The molecule has 1 aliphatic heterocycles. The third kappa shape index (κ3) is 4.17. The molecule has 2 aromatic carbocycles. The number of nitrogens with one attached hydrogen (secondary N) is 1. The van der Waals surface area contributed by atoms with Crippen molar-refractivity contribution in [2.24, 2.45) is 9.98 Å². The SMILES string of the molecule is Cc1ccc(NC(=O)CSC2=NC3(CCCC3)N=C2c2ccc(F)cc2)cc1. The predicted molar refractivity (Wildman–Crippen MR) is 114 cm³/mol. The minimum absolute atomic E-state index is 0.0811. The third-order valence-corrected chi connectivity index (χ3v) is 5.99. The fourth-order valence-electron chi connectivity index (χ4n) is 3.55. The number of amides is 1.